The Hall–Kier alpha value is -1.92. The zero-order valence-electron chi connectivity index (χ0n) is 21.5. The van der Waals surface area contributed by atoms with Gasteiger partial charge in [-0.15, -0.1) is 0 Å². The van der Waals surface area contributed by atoms with Crippen LogP contribution in [0.1, 0.15) is 97.0 Å². The number of hydrogen-bond acceptors (Lipinski definition) is 5. The van der Waals surface area contributed by atoms with Crippen molar-refractivity contribution in [3.8, 4) is 5.75 Å². The number of amides is 1. The number of aliphatic hydroxyl groups is 1. The maximum absolute atomic E-state index is 12.4. The predicted molar refractivity (Wildman–Crippen MR) is 137 cm³/mol. The topological polar surface area (TPSA) is 87.7 Å². The quantitative estimate of drug-likeness (QED) is 0.290. The van der Waals surface area contributed by atoms with Crippen molar-refractivity contribution in [2.75, 3.05) is 6.54 Å². The lowest BCUT2D eigenvalue weighted by molar-refractivity contribution is -0.134. The summed E-state index contributed by atoms with van der Waals surface area (Å²) in [6.45, 7) is 7.50. The van der Waals surface area contributed by atoms with Crippen LogP contribution in [0.3, 0.4) is 0 Å². The molecular formula is C28H46N2O4. The van der Waals surface area contributed by atoms with Gasteiger partial charge in [0.1, 0.15) is 5.75 Å². The number of aliphatic hydroxyl groups excluding tert-OH is 1. The van der Waals surface area contributed by atoms with Crippen molar-refractivity contribution in [1.82, 2.24) is 10.6 Å². The molecule has 3 N–H and O–H groups in total. The Morgan fingerprint density at radius 1 is 1.24 bits per heavy atom. The van der Waals surface area contributed by atoms with E-state index in [4.69, 9.17) is 4.74 Å². The normalized spacial score (nSPS) is 22.8. The van der Waals surface area contributed by atoms with Crippen molar-refractivity contribution in [3.63, 3.8) is 0 Å². The largest absolute Gasteiger partial charge is 0.427 e. The Balaban J connectivity index is 2.05. The van der Waals surface area contributed by atoms with Crippen molar-refractivity contribution < 1.29 is 19.4 Å². The Morgan fingerprint density at radius 3 is 2.79 bits per heavy atom. The molecule has 2 bridgehead atoms. The Bertz CT molecular complexity index is 739. The number of carbonyl (C=O) groups excluding carboxylic acids is 2. The summed E-state index contributed by atoms with van der Waals surface area (Å²) in [5, 5.41) is 17.6. The summed E-state index contributed by atoms with van der Waals surface area (Å²) < 4.78 is 5.53. The van der Waals surface area contributed by atoms with E-state index < -0.39 is 6.10 Å². The maximum atomic E-state index is 12.4. The Kier molecular flexibility index (Phi) is 13.2. The molecular weight excluding hydrogens is 428 g/mol. The fourth-order valence-corrected chi connectivity index (χ4v) is 4.57. The summed E-state index contributed by atoms with van der Waals surface area (Å²) in [6.07, 6.45) is 9.63. The van der Waals surface area contributed by atoms with Crippen molar-refractivity contribution >= 4 is 11.9 Å². The smallest absolute Gasteiger partial charge is 0.311 e. The van der Waals surface area contributed by atoms with Crippen LogP contribution in [-0.2, 0) is 16.1 Å². The van der Waals surface area contributed by atoms with E-state index in [0.717, 1.165) is 63.4 Å². The Labute approximate surface area is 206 Å². The SMILES string of the molecule is CCCCNC(=O)C(C)CC(O)C1C[C@H](C)CCCCCCCC(=O)Oc2cccc(c2)CN1. The van der Waals surface area contributed by atoms with E-state index in [1.165, 1.54) is 0 Å². The fourth-order valence-electron chi connectivity index (χ4n) is 4.57. The molecule has 1 amide bonds. The van der Waals surface area contributed by atoms with E-state index in [-0.39, 0.29) is 23.8 Å². The van der Waals surface area contributed by atoms with Crippen LogP contribution in [0.5, 0.6) is 5.75 Å². The number of nitrogens with one attached hydrogen (secondary N) is 2. The molecule has 6 nitrogen and oxygen atoms in total. The van der Waals surface area contributed by atoms with Crippen LogP contribution in [-0.4, -0.2) is 35.7 Å². The molecule has 0 aliphatic carbocycles. The third-order valence-electron chi connectivity index (χ3n) is 6.77. The number of benzene rings is 1. The molecule has 1 aliphatic heterocycles. The highest BCUT2D eigenvalue weighted by molar-refractivity contribution is 5.78. The van der Waals surface area contributed by atoms with Crippen LogP contribution in [0, 0.1) is 11.8 Å². The molecule has 1 aromatic carbocycles. The van der Waals surface area contributed by atoms with Gasteiger partial charge in [0.2, 0.25) is 5.91 Å². The van der Waals surface area contributed by atoms with Gasteiger partial charge in [-0.05, 0) is 49.3 Å². The van der Waals surface area contributed by atoms with E-state index in [0.29, 0.717) is 37.6 Å². The highest BCUT2D eigenvalue weighted by Gasteiger charge is 2.25. The predicted octanol–water partition coefficient (Wildman–Crippen LogP) is 5.12. The number of unbranched alkanes of at least 4 members (excludes halogenated alkanes) is 1. The van der Waals surface area contributed by atoms with Gasteiger partial charge >= 0.3 is 5.97 Å². The van der Waals surface area contributed by atoms with Crippen molar-refractivity contribution in [2.45, 2.75) is 110 Å². The number of rotatable bonds is 7. The fraction of sp³-hybridized carbons (Fsp3) is 0.714. The molecule has 0 aromatic heterocycles. The molecule has 2 rings (SSSR count). The van der Waals surface area contributed by atoms with Crippen molar-refractivity contribution in [3.05, 3.63) is 29.8 Å². The van der Waals surface area contributed by atoms with Gasteiger partial charge in [0, 0.05) is 31.5 Å². The van der Waals surface area contributed by atoms with Gasteiger partial charge in [-0.25, -0.2) is 0 Å². The summed E-state index contributed by atoms with van der Waals surface area (Å²) in [6, 6.07) is 7.48. The van der Waals surface area contributed by atoms with E-state index in [9.17, 15) is 14.7 Å². The maximum Gasteiger partial charge on any atom is 0.311 e. The van der Waals surface area contributed by atoms with Crippen LogP contribution in [0.2, 0.25) is 0 Å². The zero-order valence-corrected chi connectivity index (χ0v) is 21.5. The second-order valence-corrected chi connectivity index (χ2v) is 10.1. The highest BCUT2D eigenvalue weighted by atomic mass is 16.5. The standard InChI is InChI=1S/C28H46N2O4/c1-4-5-16-29-28(33)22(3)18-26(31)25-17-21(2)12-9-7-6-8-10-15-27(32)34-24-14-11-13-23(19-24)20-30-25/h11,13-14,19,21-22,25-26,30-31H,4-10,12,15-18,20H2,1-3H3,(H,29,33)/t21-,22?,25?,26?/m1/s1. The highest BCUT2D eigenvalue weighted by Crippen LogP contribution is 2.22. The van der Waals surface area contributed by atoms with E-state index in [2.05, 4.69) is 24.5 Å². The van der Waals surface area contributed by atoms with Gasteiger partial charge in [-0.2, -0.15) is 0 Å². The minimum absolute atomic E-state index is 0.0133. The molecule has 0 saturated carbocycles. The second-order valence-electron chi connectivity index (χ2n) is 10.1. The lowest BCUT2D eigenvalue weighted by Crippen LogP contribution is -2.43. The van der Waals surface area contributed by atoms with E-state index >= 15 is 0 Å². The summed E-state index contributed by atoms with van der Waals surface area (Å²) >= 11 is 0. The van der Waals surface area contributed by atoms with Crippen LogP contribution in [0.4, 0.5) is 0 Å². The number of esters is 1. The third-order valence-corrected chi connectivity index (χ3v) is 6.77. The van der Waals surface area contributed by atoms with Gasteiger partial charge in [0.05, 0.1) is 6.10 Å². The molecule has 1 aliphatic rings. The zero-order chi connectivity index (χ0) is 24.8. The van der Waals surface area contributed by atoms with Crippen LogP contribution < -0.4 is 15.4 Å². The third kappa shape index (κ3) is 11.0. The first-order chi connectivity index (χ1) is 16.4. The minimum Gasteiger partial charge on any atom is -0.427 e. The molecule has 3 unspecified atom stereocenters. The molecule has 1 aromatic rings. The Morgan fingerprint density at radius 2 is 2.00 bits per heavy atom. The first kappa shape index (κ1) is 28.3. The molecule has 0 spiro atoms. The van der Waals surface area contributed by atoms with E-state index in [1.54, 1.807) is 0 Å². The van der Waals surface area contributed by atoms with E-state index in [1.807, 2.05) is 31.2 Å². The summed E-state index contributed by atoms with van der Waals surface area (Å²) in [4.78, 5) is 24.6. The van der Waals surface area contributed by atoms with Crippen LogP contribution in [0.15, 0.2) is 24.3 Å². The van der Waals surface area contributed by atoms with Gasteiger partial charge in [0.25, 0.3) is 0 Å². The monoisotopic (exact) mass is 474 g/mol. The molecule has 0 radical (unpaired) electrons. The van der Waals surface area contributed by atoms with Crippen molar-refractivity contribution in [2.24, 2.45) is 11.8 Å². The van der Waals surface area contributed by atoms with Gasteiger partial charge < -0.3 is 20.5 Å². The summed E-state index contributed by atoms with van der Waals surface area (Å²) in [5.74, 6) is 0.641. The lowest BCUT2D eigenvalue weighted by atomic mass is 9.89. The van der Waals surface area contributed by atoms with Gasteiger partial charge in [-0.3, -0.25) is 9.59 Å². The molecule has 1 heterocycles. The average molecular weight is 475 g/mol. The molecule has 0 saturated heterocycles. The molecule has 34 heavy (non-hydrogen) atoms. The number of ether oxygens (including phenoxy) is 1. The number of carbonyl (C=O) groups is 2. The first-order valence-electron chi connectivity index (χ1n) is 13.4. The average Bonchev–Trinajstić information content (AvgIpc) is 2.80. The molecule has 192 valence electrons. The summed E-state index contributed by atoms with van der Waals surface area (Å²) in [5.41, 5.74) is 1.00. The summed E-state index contributed by atoms with van der Waals surface area (Å²) in [7, 11) is 0. The van der Waals surface area contributed by atoms with Crippen LogP contribution >= 0.6 is 0 Å². The van der Waals surface area contributed by atoms with Crippen molar-refractivity contribution in [1.29, 1.82) is 0 Å². The van der Waals surface area contributed by atoms with Gasteiger partial charge in [-0.1, -0.05) is 71.4 Å². The first-order valence-corrected chi connectivity index (χ1v) is 13.4. The molecule has 6 heteroatoms. The minimum atomic E-state index is -0.613. The van der Waals surface area contributed by atoms with Crippen LogP contribution in [0.25, 0.3) is 0 Å². The molecule has 4 atom stereocenters. The lowest BCUT2D eigenvalue weighted by Gasteiger charge is -2.29. The molecule has 0 fully saturated rings. The van der Waals surface area contributed by atoms with Gasteiger partial charge in [0.15, 0.2) is 0 Å². The number of hydrogen-bond donors (Lipinski definition) is 3. The number of fused-ring (bicyclic) bond motifs is 2. The second kappa shape index (κ2) is 15.9.